The Morgan fingerprint density at radius 1 is 1.26 bits per heavy atom. The van der Waals surface area contributed by atoms with Crippen molar-refractivity contribution in [2.75, 3.05) is 31.1 Å². The Bertz CT molecular complexity index is 1600. The van der Waals surface area contributed by atoms with Gasteiger partial charge in [-0.1, -0.05) is 36.4 Å². The van der Waals surface area contributed by atoms with E-state index < -0.39 is 5.82 Å². The molecule has 2 aromatic heterocycles. The van der Waals surface area contributed by atoms with Gasteiger partial charge in [-0.25, -0.2) is 14.4 Å². The summed E-state index contributed by atoms with van der Waals surface area (Å²) in [6.07, 6.45) is 4.14. The Morgan fingerprint density at radius 2 is 2.11 bits per heavy atom. The zero-order valence-corrected chi connectivity index (χ0v) is 19.2. The number of nitrogens with one attached hydrogen (secondary N) is 1. The Hall–Kier alpha value is -3.98. The van der Waals surface area contributed by atoms with Gasteiger partial charge in [-0.2, -0.15) is 0 Å². The number of aromatic amines is 1. The van der Waals surface area contributed by atoms with Crippen molar-refractivity contribution < 1.29 is 13.9 Å². The molecular weight excluding hydrogens is 473 g/mol. The minimum absolute atomic E-state index is 0.0423. The molecule has 1 amide bonds. The second-order valence-electron chi connectivity index (χ2n) is 8.48. The largest absolute Gasteiger partial charge is 0.489 e. The fourth-order valence-corrected chi connectivity index (χ4v) is 5.35. The highest BCUT2D eigenvalue weighted by Gasteiger charge is 2.36. The van der Waals surface area contributed by atoms with Crippen molar-refractivity contribution in [2.45, 2.75) is 6.04 Å². The van der Waals surface area contributed by atoms with Crippen LogP contribution in [0, 0.1) is 5.82 Å². The van der Waals surface area contributed by atoms with Crippen molar-refractivity contribution in [3.05, 3.63) is 70.6 Å². The number of piperazine rings is 1. The first-order valence-electron chi connectivity index (χ1n) is 11.1. The number of aromatic nitrogens is 3. The lowest BCUT2D eigenvalue weighted by atomic mass is 9.97. The molecule has 2 aromatic carbocycles. The summed E-state index contributed by atoms with van der Waals surface area (Å²) in [6.45, 7) is 5.12. The maximum absolute atomic E-state index is 16.1. The molecule has 1 atom stereocenters. The van der Waals surface area contributed by atoms with Crippen molar-refractivity contribution in [3.63, 3.8) is 0 Å². The van der Waals surface area contributed by atoms with Gasteiger partial charge in [0.15, 0.2) is 11.6 Å². The predicted octanol–water partition coefficient (Wildman–Crippen LogP) is 3.53. The highest BCUT2D eigenvalue weighted by atomic mass is 35.5. The molecule has 0 spiro atoms. The number of amides is 1. The number of benzene rings is 2. The maximum Gasteiger partial charge on any atom is 0.256 e. The molecule has 4 aromatic rings. The van der Waals surface area contributed by atoms with Crippen LogP contribution in [0.15, 0.2) is 54.2 Å². The minimum Gasteiger partial charge on any atom is -0.489 e. The van der Waals surface area contributed by atoms with Crippen molar-refractivity contribution >= 4 is 45.0 Å². The molecule has 2 aliphatic rings. The van der Waals surface area contributed by atoms with E-state index in [9.17, 15) is 9.59 Å². The number of anilines is 1. The summed E-state index contributed by atoms with van der Waals surface area (Å²) in [5.74, 6) is -0.0576. The number of hydrogen-bond donors (Lipinski definition) is 1. The SMILES string of the molecule is C=CC(=O)N1CCN2c3ncnc4c(F)c(-c5cccc6cc[nH]c(=O)c56)c(Cl)c(c34)OC[C@@H]2C1. The van der Waals surface area contributed by atoms with Gasteiger partial charge in [0.25, 0.3) is 5.56 Å². The van der Waals surface area contributed by atoms with E-state index in [0.29, 0.717) is 47.2 Å². The molecule has 0 aliphatic carbocycles. The topological polar surface area (TPSA) is 91.4 Å². The van der Waals surface area contributed by atoms with Gasteiger partial charge < -0.3 is 19.5 Å². The van der Waals surface area contributed by atoms with Crippen LogP contribution in [0.3, 0.4) is 0 Å². The van der Waals surface area contributed by atoms with Crippen LogP contribution in [0.2, 0.25) is 5.02 Å². The van der Waals surface area contributed by atoms with Crippen molar-refractivity contribution in [1.29, 1.82) is 0 Å². The molecule has 8 nitrogen and oxygen atoms in total. The van der Waals surface area contributed by atoms with Gasteiger partial charge in [-0.05, 0) is 23.1 Å². The van der Waals surface area contributed by atoms with E-state index in [2.05, 4.69) is 21.5 Å². The standard InChI is InChI=1S/C25H19ClFN5O3/c1-2-16(33)31-8-9-32-14(10-31)11-35-23-19-22(29-12-30-24(19)32)21(27)18(20(23)26)15-5-3-4-13-6-7-28-25(34)17(13)15/h2-7,12,14H,1,8-11H2,(H,28,34)/t14-/m0/s1. The molecule has 35 heavy (non-hydrogen) atoms. The molecule has 0 radical (unpaired) electrons. The third-order valence-electron chi connectivity index (χ3n) is 6.63. The van der Waals surface area contributed by atoms with E-state index in [1.54, 1.807) is 35.4 Å². The monoisotopic (exact) mass is 491 g/mol. The summed E-state index contributed by atoms with van der Waals surface area (Å²) in [4.78, 5) is 39.9. The third kappa shape index (κ3) is 3.19. The molecular formula is C25H19ClFN5O3. The second-order valence-corrected chi connectivity index (χ2v) is 8.85. The molecule has 0 bridgehead atoms. The molecule has 2 aliphatic heterocycles. The lowest BCUT2D eigenvalue weighted by Gasteiger charge is -2.40. The third-order valence-corrected chi connectivity index (χ3v) is 6.99. The first kappa shape index (κ1) is 21.5. The van der Waals surface area contributed by atoms with Crippen LogP contribution in [0.25, 0.3) is 32.8 Å². The van der Waals surface area contributed by atoms with Crippen molar-refractivity contribution in [1.82, 2.24) is 19.9 Å². The van der Waals surface area contributed by atoms with Gasteiger partial charge in [0.1, 0.15) is 24.3 Å². The predicted molar refractivity (Wildman–Crippen MR) is 131 cm³/mol. The van der Waals surface area contributed by atoms with E-state index in [0.717, 1.165) is 0 Å². The van der Waals surface area contributed by atoms with Crippen LogP contribution >= 0.6 is 11.6 Å². The van der Waals surface area contributed by atoms with Crippen LogP contribution in [0.4, 0.5) is 10.2 Å². The number of carbonyl (C=O) groups is 1. The van der Waals surface area contributed by atoms with Gasteiger partial charge >= 0.3 is 0 Å². The lowest BCUT2D eigenvalue weighted by molar-refractivity contribution is -0.126. The number of hydrogen-bond acceptors (Lipinski definition) is 6. The summed E-state index contributed by atoms with van der Waals surface area (Å²) in [6, 6.07) is 6.70. The number of fused-ring (bicyclic) bond motifs is 3. The molecule has 10 heteroatoms. The van der Waals surface area contributed by atoms with Crippen molar-refractivity contribution in [2.24, 2.45) is 0 Å². The number of carbonyl (C=O) groups excluding carboxylic acids is 1. The van der Waals surface area contributed by atoms with E-state index >= 15 is 4.39 Å². The first-order chi connectivity index (χ1) is 17.0. The Balaban J connectivity index is 1.58. The summed E-state index contributed by atoms with van der Waals surface area (Å²) < 4.78 is 22.3. The summed E-state index contributed by atoms with van der Waals surface area (Å²) in [5.41, 5.74) is 0.0925. The molecule has 176 valence electrons. The highest BCUT2D eigenvalue weighted by Crippen LogP contribution is 2.48. The normalized spacial score (nSPS) is 17.1. The average Bonchev–Trinajstić information content (AvgIpc) is 3.04. The van der Waals surface area contributed by atoms with Crippen LogP contribution in [-0.4, -0.2) is 58.0 Å². The molecule has 4 heterocycles. The quantitative estimate of drug-likeness (QED) is 0.431. The lowest BCUT2D eigenvalue weighted by Crippen LogP contribution is -2.56. The molecule has 1 fully saturated rings. The van der Waals surface area contributed by atoms with Crippen molar-refractivity contribution in [3.8, 4) is 16.9 Å². The highest BCUT2D eigenvalue weighted by molar-refractivity contribution is 6.37. The van der Waals surface area contributed by atoms with Gasteiger partial charge in [-0.15, -0.1) is 0 Å². The second kappa shape index (κ2) is 8.06. The molecule has 0 unspecified atom stereocenters. The first-order valence-corrected chi connectivity index (χ1v) is 11.4. The van der Waals surface area contributed by atoms with Gasteiger partial charge in [0, 0.05) is 31.4 Å². The number of rotatable bonds is 2. The maximum atomic E-state index is 16.1. The zero-order chi connectivity index (χ0) is 24.3. The van der Waals surface area contributed by atoms with Gasteiger partial charge in [0.05, 0.1) is 21.8 Å². The number of nitrogens with zero attached hydrogens (tertiary/aromatic N) is 4. The summed E-state index contributed by atoms with van der Waals surface area (Å²) in [5, 5.41) is 1.39. The van der Waals surface area contributed by atoms with E-state index in [4.69, 9.17) is 16.3 Å². The minimum atomic E-state index is -0.657. The molecule has 0 saturated carbocycles. The van der Waals surface area contributed by atoms with E-state index in [-0.39, 0.29) is 46.0 Å². The average molecular weight is 492 g/mol. The molecule has 1 N–H and O–H groups in total. The Kier molecular flexibility index (Phi) is 4.96. The Labute approximate surface area is 203 Å². The van der Waals surface area contributed by atoms with Crippen LogP contribution in [0.5, 0.6) is 5.75 Å². The molecule has 1 saturated heterocycles. The van der Waals surface area contributed by atoms with Crippen LogP contribution in [-0.2, 0) is 4.79 Å². The van der Waals surface area contributed by atoms with E-state index in [1.165, 1.54) is 12.4 Å². The fraction of sp³-hybridized carbons (Fsp3) is 0.200. The van der Waals surface area contributed by atoms with Crippen LogP contribution < -0.4 is 15.2 Å². The van der Waals surface area contributed by atoms with Crippen LogP contribution in [0.1, 0.15) is 0 Å². The number of halogens is 2. The summed E-state index contributed by atoms with van der Waals surface area (Å²) in [7, 11) is 0. The van der Waals surface area contributed by atoms with Gasteiger partial charge in [0.2, 0.25) is 5.91 Å². The summed E-state index contributed by atoms with van der Waals surface area (Å²) >= 11 is 6.83. The van der Waals surface area contributed by atoms with E-state index in [1.807, 2.05) is 4.90 Å². The smallest absolute Gasteiger partial charge is 0.256 e. The number of ether oxygens (including phenoxy) is 1. The van der Waals surface area contributed by atoms with Gasteiger partial charge in [-0.3, -0.25) is 9.59 Å². The zero-order valence-electron chi connectivity index (χ0n) is 18.4. The number of pyridine rings is 1. The Morgan fingerprint density at radius 3 is 2.94 bits per heavy atom. The fourth-order valence-electron chi connectivity index (χ4n) is 5.02. The number of H-pyrrole nitrogens is 1. The molecule has 6 rings (SSSR count).